The van der Waals surface area contributed by atoms with Gasteiger partial charge < -0.3 is 10.0 Å². The Hall–Kier alpha value is -3.03. The molecule has 6 rings (SSSR count). The van der Waals surface area contributed by atoms with Gasteiger partial charge in [-0.15, -0.1) is 0 Å². The highest BCUT2D eigenvalue weighted by atomic mass is 19.1. The van der Waals surface area contributed by atoms with Crippen molar-refractivity contribution in [2.45, 2.75) is 94.7 Å². The molecule has 1 aliphatic heterocycles. The number of hydrogen-bond donors (Lipinski definition) is 2. The van der Waals surface area contributed by atoms with Gasteiger partial charge in [0.25, 0.3) is 0 Å². The van der Waals surface area contributed by atoms with Gasteiger partial charge in [-0.25, -0.2) is 4.39 Å². The number of nitrogens with zero attached hydrogens (tertiary/aromatic N) is 3. The van der Waals surface area contributed by atoms with Gasteiger partial charge in [-0.05, 0) is 99.7 Å². The predicted molar refractivity (Wildman–Crippen MR) is 163 cm³/mol. The Morgan fingerprint density at radius 3 is 2.50 bits per heavy atom. The van der Waals surface area contributed by atoms with Crippen LogP contribution in [0.3, 0.4) is 0 Å². The van der Waals surface area contributed by atoms with E-state index in [4.69, 9.17) is 5.10 Å². The first kappa shape index (κ1) is 29.1. The second kappa shape index (κ2) is 12.7. The third-order valence-electron chi connectivity index (χ3n) is 10.2. The number of carboxylic acid groups (broad SMARTS) is 1. The number of aliphatic carboxylic acids is 1. The summed E-state index contributed by atoms with van der Waals surface area (Å²) in [5, 5.41) is 18.6. The Morgan fingerprint density at radius 1 is 1.05 bits per heavy atom. The minimum Gasteiger partial charge on any atom is -0.480 e. The van der Waals surface area contributed by atoms with Gasteiger partial charge in [0.2, 0.25) is 0 Å². The van der Waals surface area contributed by atoms with Crippen molar-refractivity contribution in [3.8, 4) is 0 Å². The van der Waals surface area contributed by atoms with E-state index < -0.39 is 11.5 Å². The fraction of sp³-hybridized carbons (Fsp3) is 0.543. The highest BCUT2D eigenvalue weighted by Gasteiger charge is 2.46. The van der Waals surface area contributed by atoms with Gasteiger partial charge in [0, 0.05) is 37.2 Å². The molecule has 7 heteroatoms. The van der Waals surface area contributed by atoms with E-state index in [1.165, 1.54) is 17.3 Å². The van der Waals surface area contributed by atoms with E-state index >= 15 is 0 Å². The van der Waals surface area contributed by atoms with Gasteiger partial charge in [0.15, 0.2) is 0 Å². The number of aryl methyl sites for hydroxylation is 1. The molecule has 2 aliphatic carbocycles. The first-order chi connectivity index (χ1) is 20.4. The molecule has 6 nitrogen and oxygen atoms in total. The molecule has 0 spiro atoms. The number of hydrogen-bond acceptors (Lipinski definition) is 4. The van der Waals surface area contributed by atoms with Crippen LogP contribution in [0, 0.1) is 11.7 Å². The van der Waals surface area contributed by atoms with E-state index in [0.717, 1.165) is 82.4 Å². The molecule has 2 saturated carbocycles. The smallest absolute Gasteiger partial charge is 0.323 e. The van der Waals surface area contributed by atoms with Gasteiger partial charge in [0.1, 0.15) is 11.4 Å². The van der Waals surface area contributed by atoms with E-state index in [0.29, 0.717) is 24.7 Å². The normalized spacial score (nSPS) is 24.8. The summed E-state index contributed by atoms with van der Waals surface area (Å²) in [5.74, 6) is 0.191. The largest absolute Gasteiger partial charge is 0.480 e. The van der Waals surface area contributed by atoms with Crippen molar-refractivity contribution >= 4 is 5.97 Å². The Labute approximate surface area is 249 Å². The molecule has 3 atom stereocenters. The highest BCUT2D eigenvalue weighted by molar-refractivity contribution is 5.79. The van der Waals surface area contributed by atoms with Crippen molar-refractivity contribution in [2.24, 2.45) is 5.92 Å². The van der Waals surface area contributed by atoms with Crippen LogP contribution < -0.4 is 5.32 Å². The Morgan fingerprint density at radius 2 is 1.81 bits per heavy atom. The molecule has 3 aliphatic rings. The van der Waals surface area contributed by atoms with Gasteiger partial charge in [0.05, 0.1) is 5.69 Å². The fourth-order valence-corrected chi connectivity index (χ4v) is 8.08. The Balaban J connectivity index is 1.12. The average Bonchev–Trinajstić information content (AvgIpc) is 3.74. The first-order valence-electron chi connectivity index (χ1n) is 16.0. The van der Waals surface area contributed by atoms with E-state index in [1.807, 2.05) is 6.07 Å². The average molecular weight is 573 g/mol. The first-order valence-corrected chi connectivity index (χ1v) is 16.0. The van der Waals surface area contributed by atoms with E-state index in [2.05, 4.69) is 64.3 Å². The van der Waals surface area contributed by atoms with Crippen LogP contribution in [-0.2, 0) is 17.8 Å². The van der Waals surface area contributed by atoms with Crippen LogP contribution in [0.25, 0.3) is 0 Å². The molecule has 3 fully saturated rings. The van der Waals surface area contributed by atoms with Crippen LogP contribution in [0.1, 0.15) is 92.6 Å². The molecule has 2 N–H and O–H groups in total. The van der Waals surface area contributed by atoms with E-state index in [-0.39, 0.29) is 17.8 Å². The summed E-state index contributed by atoms with van der Waals surface area (Å²) in [6.07, 6.45) is 8.19. The van der Waals surface area contributed by atoms with Crippen molar-refractivity contribution in [1.82, 2.24) is 20.0 Å². The number of nitrogens with one attached hydrogen (secondary N) is 1. The molecule has 3 unspecified atom stereocenters. The van der Waals surface area contributed by atoms with E-state index in [1.54, 1.807) is 6.07 Å². The number of carbonyl (C=O) groups is 1. The lowest BCUT2D eigenvalue weighted by atomic mass is 9.87. The molecule has 1 aromatic heterocycles. The molecule has 0 bridgehead atoms. The van der Waals surface area contributed by atoms with Crippen LogP contribution >= 0.6 is 0 Å². The number of aromatic nitrogens is 2. The summed E-state index contributed by atoms with van der Waals surface area (Å²) in [6.45, 7) is 6.11. The molecule has 224 valence electrons. The standard InChI is InChI=1S/C35H45FN4O2/c1-2-40-33(23-31(38-40)19-25-9-4-3-5-10-25)26-13-17-39(18-14-26)24-28-21-30(37-35(34(41)42)15-6-7-16-35)22-32(28)27-11-8-12-29(36)20-27/h3-5,8-12,20,23,26,28,30,32,37H,2,6-7,13-19,21-22,24H2,1H3,(H,41,42). The van der Waals surface area contributed by atoms with Crippen LogP contribution in [0.5, 0.6) is 0 Å². The zero-order chi connectivity index (χ0) is 29.1. The minimum absolute atomic E-state index is 0.136. The van der Waals surface area contributed by atoms with Gasteiger partial charge >= 0.3 is 5.97 Å². The van der Waals surface area contributed by atoms with Crippen molar-refractivity contribution < 1.29 is 14.3 Å². The topological polar surface area (TPSA) is 70.4 Å². The summed E-state index contributed by atoms with van der Waals surface area (Å²) in [4.78, 5) is 14.9. The zero-order valence-corrected chi connectivity index (χ0v) is 24.9. The second-order valence-corrected chi connectivity index (χ2v) is 12.9. The van der Waals surface area contributed by atoms with Crippen molar-refractivity contribution in [2.75, 3.05) is 19.6 Å². The second-order valence-electron chi connectivity index (χ2n) is 12.9. The number of halogens is 1. The van der Waals surface area contributed by atoms with E-state index in [9.17, 15) is 14.3 Å². The maximum atomic E-state index is 14.3. The summed E-state index contributed by atoms with van der Waals surface area (Å²) in [7, 11) is 0. The molecular formula is C35H45FN4O2. The van der Waals surface area contributed by atoms with Crippen LogP contribution in [-0.4, -0.2) is 57.0 Å². The maximum absolute atomic E-state index is 14.3. The molecule has 2 aromatic carbocycles. The Kier molecular flexibility index (Phi) is 8.77. The maximum Gasteiger partial charge on any atom is 0.323 e. The third kappa shape index (κ3) is 6.32. The van der Waals surface area contributed by atoms with Crippen molar-refractivity contribution in [1.29, 1.82) is 0 Å². The number of carboxylic acids is 1. The highest BCUT2D eigenvalue weighted by Crippen LogP contribution is 2.43. The van der Waals surface area contributed by atoms with Crippen LogP contribution in [0.15, 0.2) is 60.7 Å². The van der Waals surface area contributed by atoms with Crippen LogP contribution in [0.4, 0.5) is 4.39 Å². The van der Waals surface area contributed by atoms with Crippen molar-refractivity contribution in [3.05, 3.63) is 89.0 Å². The molecule has 42 heavy (non-hydrogen) atoms. The summed E-state index contributed by atoms with van der Waals surface area (Å²) in [5.41, 5.74) is 4.05. The molecular weight excluding hydrogens is 527 g/mol. The molecule has 3 aromatic rings. The zero-order valence-electron chi connectivity index (χ0n) is 24.9. The molecule has 0 amide bonds. The third-order valence-corrected chi connectivity index (χ3v) is 10.2. The SMILES string of the molecule is CCn1nc(Cc2ccccc2)cc1C1CCN(CC2CC(NC3(C(=O)O)CCCC3)CC2c2cccc(F)c2)CC1. The predicted octanol–water partition coefficient (Wildman–Crippen LogP) is 6.36. The lowest BCUT2D eigenvalue weighted by Gasteiger charge is -2.35. The summed E-state index contributed by atoms with van der Waals surface area (Å²) < 4.78 is 16.5. The van der Waals surface area contributed by atoms with Gasteiger partial charge in [-0.3, -0.25) is 14.8 Å². The van der Waals surface area contributed by atoms with Crippen LogP contribution in [0.2, 0.25) is 0 Å². The number of likely N-dealkylation sites (tertiary alicyclic amines) is 1. The van der Waals surface area contributed by atoms with Gasteiger partial charge in [-0.1, -0.05) is 55.3 Å². The fourth-order valence-electron chi connectivity index (χ4n) is 8.08. The number of benzene rings is 2. The monoisotopic (exact) mass is 572 g/mol. The quantitative estimate of drug-likeness (QED) is 0.296. The van der Waals surface area contributed by atoms with Gasteiger partial charge in [-0.2, -0.15) is 5.10 Å². The lowest BCUT2D eigenvalue weighted by Crippen LogP contribution is -2.53. The Bertz CT molecular complexity index is 1340. The minimum atomic E-state index is -0.800. The molecule has 2 heterocycles. The molecule has 1 saturated heterocycles. The summed E-state index contributed by atoms with van der Waals surface area (Å²) >= 11 is 0. The van der Waals surface area contributed by atoms with Crippen molar-refractivity contribution in [3.63, 3.8) is 0 Å². The number of piperidine rings is 1. The summed E-state index contributed by atoms with van der Waals surface area (Å²) in [6, 6.07) is 20.1. The molecule has 0 radical (unpaired) electrons. The number of rotatable bonds is 10. The lowest BCUT2D eigenvalue weighted by molar-refractivity contribution is -0.145.